The van der Waals surface area contributed by atoms with E-state index in [-0.39, 0.29) is 5.56 Å². The molecule has 0 aliphatic carbocycles. The summed E-state index contributed by atoms with van der Waals surface area (Å²) in [4.78, 5) is 15.0. The monoisotopic (exact) mass is 304 g/mol. The van der Waals surface area contributed by atoms with Crippen molar-refractivity contribution in [2.45, 2.75) is 26.0 Å². The van der Waals surface area contributed by atoms with Crippen LogP contribution in [0.15, 0.2) is 34.4 Å². The van der Waals surface area contributed by atoms with E-state index in [4.69, 9.17) is 4.74 Å². The molecule has 0 bridgehead atoms. The van der Waals surface area contributed by atoms with Crippen molar-refractivity contribution in [3.05, 3.63) is 51.3 Å². The first-order chi connectivity index (χ1) is 10.2. The van der Waals surface area contributed by atoms with Crippen molar-refractivity contribution in [3.63, 3.8) is 0 Å². The third kappa shape index (κ3) is 2.95. The molecule has 0 radical (unpaired) electrons. The van der Waals surface area contributed by atoms with Crippen LogP contribution in [0.25, 0.3) is 5.00 Å². The minimum absolute atomic E-state index is 0.0957. The third-order valence-electron chi connectivity index (χ3n) is 4.04. The van der Waals surface area contributed by atoms with Crippen LogP contribution in [0, 0.1) is 6.92 Å². The molecule has 5 heteroatoms. The molecule has 112 valence electrons. The highest BCUT2D eigenvalue weighted by molar-refractivity contribution is 7.12. The summed E-state index contributed by atoms with van der Waals surface area (Å²) in [6, 6.07) is 7.95. The zero-order chi connectivity index (χ0) is 14.8. The molecule has 1 atom stereocenters. The summed E-state index contributed by atoms with van der Waals surface area (Å²) in [5, 5.41) is 2.98. The van der Waals surface area contributed by atoms with E-state index in [9.17, 15) is 4.79 Å². The molecule has 2 aromatic rings. The lowest BCUT2D eigenvalue weighted by molar-refractivity contribution is 0.107. The number of likely N-dealkylation sites (tertiary alicyclic amines) is 1. The first-order valence-electron chi connectivity index (χ1n) is 7.19. The number of hydrogen-bond acceptors (Lipinski definition) is 4. The fourth-order valence-corrected chi connectivity index (χ4v) is 3.62. The van der Waals surface area contributed by atoms with Crippen LogP contribution < -0.4 is 5.56 Å². The number of ether oxygens (including phenoxy) is 1. The maximum atomic E-state index is 12.7. The molecule has 21 heavy (non-hydrogen) atoms. The molecule has 0 spiro atoms. The van der Waals surface area contributed by atoms with E-state index in [0.29, 0.717) is 12.6 Å². The SMILES string of the molecule is COC1CCN(Cc2ccc(C)n(-c3cccs3)c2=O)C1. The van der Waals surface area contributed by atoms with Gasteiger partial charge in [-0.25, -0.2) is 0 Å². The second kappa shape index (κ2) is 6.13. The number of pyridine rings is 1. The molecule has 0 saturated carbocycles. The average Bonchev–Trinajstić information content (AvgIpc) is 3.13. The highest BCUT2D eigenvalue weighted by atomic mass is 32.1. The predicted molar refractivity (Wildman–Crippen MR) is 85.3 cm³/mol. The number of nitrogens with zero attached hydrogens (tertiary/aromatic N) is 2. The Morgan fingerprint density at radius 1 is 1.38 bits per heavy atom. The van der Waals surface area contributed by atoms with E-state index in [2.05, 4.69) is 4.90 Å². The molecule has 3 heterocycles. The highest BCUT2D eigenvalue weighted by Gasteiger charge is 2.23. The summed E-state index contributed by atoms with van der Waals surface area (Å²) in [5.41, 5.74) is 1.92. The highest BCUT2D eigenvalue weighted by Crippen LogP contribution is 2.17. The quantitative estimate of drug-likeness (QED) is 0.870. The van der Waals surface area contributed by atoms with Crippen LogP contribution in [-0.4, -0.2) is 35.8 Å². The van der Waals surface area contributed by atoms with Gasteiger partial charge in [0.25, 0.3) is 5.56 Å². The van der Waals surface area contributed by atoms with Gasteiger partial charge in [-0.3, -0.25) is 14.3 Å². The van der Waals surface area contributed by atoms with Crippen molar-refractivity contribution in [2.75, 3.05) is 20.2 Å². The van der Waals surface area contributed by atoms with Crippen LogP contribution in [0.4, 0.5) is 0 Å². The Kier molecular flexibility index (Phi) is 4.24. The van der Waals surface area contributed by atoms with Gasteiger partial charge in [0.05, 0.1) is 6.10 Å². The first-order valence-corrected chi connectivity index (χ1v) is 8.07. The van der Waals surface area contributed by atoms with Gasteiger partial charge in [0.2, 0.25) is 0 Å². The normalized spacial score (nSPS) is 19.2. The van der Waals surface area contributed by atoms with Crippen LogP contribution in [-0.2, 0) is 11.3 Å². The number of aromatic nitrogens is 1. The standard InChI is InChI=1S/C16H20N2O2S/c1-12-5-6-13(10-17-8-7-14(11-17)20-2)16(19)18(12)15-4-3-9-21-15/h3-6,9,14H,7-8,10-11H2,1-2H3. The van der Waals surface area contributed by atoms with Crippen LogP contribution in [0.3, 0.4) is 0 Å². The van der Waals surface area contributed by atoms with E-state index >= 15 is 0 Å². The molecule has 0 amide bonds. The van der Waals surface area contributed by atoms with Crippen molar-refractivity contribution in [1.29, 1.82) is 0 Å². The predicted octanol–water partition coefficient (Wildman–Crippen LogP) is 2.43. The Bertz CT molecular complexity index is 663. The molecule has 3 rings (SSSR count). The maximum absolute atomic E-state index is 12.7. The van der Waals surface area contributed by atoms with Gasteiger partial charge in [0.1, 0.15) is 5.00 Å². The fraction of sp³-hybridized carbons (Fsp3) is 0.438. The van der Waals surface area contributed by atoms with Gasteiger partial charge < -0.3 is 4.74 Å². The molecular weight excluding hydrogens is 284 g/mol. The summed E-state index contributed by atoms with van der Waals surface area (Å²) >= 11 is 1.59. The number of methoxy groups -OCH3 is 1. The molecule has 1 aliphatic heterocycles. The van der Waals surface area contributed by atoms with Gasteiger partial charge in [-0.05, 0) is 36.9 Å². The number of thiophene rings is 1. The van der Waals surface area contributed by atoms with E-state index in [1.54, 1.807) is 18.4 Å². The minimum Gasteiger partial charge on any atom is -0.380 e. The van der Waals surface area contributed by atoms with Crippen LogP contribution in [0.5, 0.6) is 0 Å². The third-order valence-corrected chi connectivity index (χ3v) is 4.89. The number of hydrogen-bond donors (Lipinski definition) is 0. The lowest BCUT2D eigenvalue weighted by atomic mass is 10.2. The van der Waals surface area contributed by atoms with Gasteiger partial charge in [-0.2, -0.15) is 0 Å². The fourth-order valence-electron chi connectivity index (χ4n) is 2.84. The number of aryl methyl sites for hydroxylation is 1. The smallest absolute Gasteiger partial charge is 0.260 e. The molecule has 4 nitrogen and oxygen atoms in total. The van der Waals surface area contributed by atoms with Gasteiger partial charge >= 0.3 is 0 Å². The van der Waals surface area contributed by atoms with E-state index < -0.39 is 0 Å². The average molecular weight is 304 g/mol. The summed E-state index contributed by atoms with van der Waals surface area (Å²) in [7, 11) is 1.75. The molecular formula is C16H20N2O2S. The molecule has 0 aromatic carbocycles. The summed E-state index contributed by atoms with van der Waals surface area (Å²) in [5.74, 6) is 0. The Morgan fingerprint density at radius 3 is 2.90 bits per heavy atom. The van der Waals surface area contributed by atoms with Gasteiger partial charge in [0, 0.05) is 38.0 Å². The van der Waals surface area contributed by atoms with Crippen molar-refractivity contribution in [1.82, 2.24) is 9.47 Å². The van der Waals surface area contributed by atoms with E-state index in [1.807, 2.05) is 41.1 Å². The van der Waals surface area contributed by atoms with Crippen molar-refractivity contribution in [3.8, 4) is 5.00 Å². The summed E-state index contributed by atoms with van der Waals surface area (Å²) < 4.78 is 7.20. The van der Waals surface area contributed by atoms with E-state index in [0.717, 1.165) is 35.8 Å². The van der Waals surface area contributed by atoms with Crippen molar-refractivity contribution < 1.29 is 4.74 Å². The van der Waals surface area contributed by atoms with Crippen molar-refractivity contribution >= 4 is 11.3 Å². The Labute approximate surface area is 128 Å². The van der Waals surface area contributed by atoms with Crippen LogP contribution in [0.2, 0.25) is 0 Å². The van der Waals surface area contributed by atoms with Crippen LogP contribution >= 0.6 is 11.3 Å². The van der Waals surface area contributed by atoms with Crippen molar-refractivity contribution in [2.24, 2.45) is 0 Å². The Balaban J connectivity index is 1.87. The molecule has 0 N–H and O–H groups in total. The molecule has 1 aliphatic rings. The zero-order valence-electron chi connectivity index (χ0n) is 12.4. The lowest BCUT2D eigenvalue weighted by Gasteiger charge is -2.17. The maximum Gasteiger partial charge on any atom is 0.260 e. The molecule has 1 fully saturated rings. The summed E-state index contributed by atoms with van der Waals surface area (Å²) in [6.45, 7) is 4.57. The van der Waals surface area contributed by atoms with Gasteiger partial charge in [0.15, 0.2) is 0 Å². The summed E-state index contributed by atoms with van der Waals surface area (Å²) in [6.07, 6.45) is 1.34. The minimum atomic E-state index is 0.0957. The topological polar surface area (TPSA) is 34.5 Å². The second-order valence-corrected chi connectivity index (χ2v) is 6.40. The van der Waals surface area contributed by atoms with Crippen LogP contribution in [0.1, 0.15) is 17.7 Å². The lowest BCUT2D eigenvalue weighted by Crippen LogP contribution is -2.29. The number of rotatable bonds is 4. The zero-order valence-corrected chi connectivity index (χ0v) is 13.2. The Morgan fingerprint density at radius 2 is 2.24 bits per heavy atom. The first kappa shape index (κ1) is 14.5. The van der Waals surface area contributed by atoms with Gasteiger partial charge in [-0.15, -0.1) is 11.3 Å². The largest absolute Gasteiger partial charge is 0.380 e. The molecule has 1 unspecified atom stereocenters. The molecule has 1 saturated heterocycles. The van der Waals surface area contributed by atoms with E-state index in [1.165, 1.54) is 0 Å². The van der Waals surface area contributed by atoms with Gasteiger partial charge in [-0.1, -0.05) is 6.07 Å². The Hall–Kier alpha value is -1.43. The second-order valence-electron chi connectivity index (χ2n) is 5.47. The molecule has 2 aromatic heterocycles.